The Hall–Kier alpha value is -1.55. The van der Waals surface area contributed by atoms with Crippen LogP contribution in [0.15, 0.2) is 30.3 Å². The first-order valence-corrected chi connectivity index (χ1v) is 6.45. The zero-order valence-corrected chi connectivity index (χ0v) is 12.1. The van der Waals surface area contributed by atoms with E-state index in [9.17, 15) is 9.90 Å². The van der Waals surface area contributed by atoms with Crippen molar-refractivity contribution in [3.05, 3.63) is 35.9 Å². The van der Waals surface area contributed by atoms with E-state index in [0.29, 0.717) is 13.0 Å². The molecule has 0 aliphatic rings. The molecule has 0 aliphatic heterocycles. The van der Waals surface area contributed by atoms with Gasteiger partial charge in [0.25, 0.3) is 0 Å². The number of carbonyl (C=O) groups is 1. The number of aliphatic hydroxyl groups is 1. The highest BCUT2D eigenvalue weighted by molar-refractivity contribution is 5.67. The minimum absolute atomic E-state index is 0.358. The van der Waals surface area contributed by atoms with Gasteiger partial charge in [0.1, 0.15) is 5.60 Å². The maximum atomic E-state index is 11.5. The molecular formula is C15H23NO3. The molecule has 0 aromatic heterocycles. The van der Waals surface area contributed by atoms with Gasteiger partial charge in [-0.3, -0.25) is 0 Å². The van der Waals surface area contributed by atoms with Gasteiger partial charge in [-0.1, -0.05) is 30.3 Å². The number of rotatable bonds is 4. The molecule has 1 amide bonds. The summed E-state index contributed by atoms with van der Waals surface area (Å²) in [5.41, 5.74) is -0.636. The maximum absolute atomic E-state index is 11.5. The van der Waals surface area contributed by atoms with Gasteiger partial charge < -0.3 is 15.2 Å². The molecule has 1 atom stereocenters. The van der Waals surface area contributed by atoms with E-state index in [4.69, 9.17) is 4.74 Å². The molecular weight excluding hydrogens is 242 g/mol. The highest BCUT2D eigenvalue weighted by atomic mass is 16.6. The second-order valence-corrected chi connectivity index (χ2v) is 5.82. The van der Waals surface area contributed by atoms with E-state index < -0.39 is 17.3 Å². The molecule has 19 heavy (non-hydrogen) atoms. The molecule has 1 rings (SSSR count). The average molecular weight is 265 g/mol. The van der Waals surface area contributed by atoms with E-state index in [-0.39, 0.29) is 0 Å². The molecule has 0 radical (unpaired) electrons. The molecule has 0 saturated carbocycles. The van der Waals surface area contributed by atoms with Crippen molar-refractivity contribution in [3.8, 4) is 0 Å². The summed E-state index contributed by atoms with van der Waals surface area (Å²) in [6.45, 7) is 7.53. The van der Waals surface area contributed by atoms with Gasteiger partial charge in [0.2, 0.25) is 0 Å². The Labute approximate surface area is 114 Å². The molecule has 0 aliphatic carbocycles. The first-order chi connectivity index (χ1) is 8.71. The van der Waals surface area contributed by atoms with E-state index >= 15 is 0 Å². The topological polar surface area (TPSA) is 58.6 Å². The molecule has 1 aromatic carbocycles. The third kappa shape index (κ3) is 5.75. The number of hydrogen-bond acceptors (Lipinski definition) is 3. The normalized spacial score (nSPS) is 14.6. The summed E-state index contributed by atoms with van der Waals surface area (Å²) < 4.78 is 5.13. The van der Waals surface area contributed by atoms with Gasteiger partial charge in [-0.2, -0.15) is 0 Å². The number of alkyl carbamates (subject to hydrolysis) is 1. The summed E-state index contributed by atoms with van der Waals surface area (Å²) in [5.74, 6) is 0. The molecule has 1 aromatic rings. The molecule has 0 spiro atoms. The fourth-order valence-corrected chi connectivity index (χ4v) is 1.66. The molecule has 0 bridgehead atoms. The zero-order chi connectivity index (χ0) is 14.5. The number of amides is 1. The largest absolute Gasteiger partial charge is 0.444 e. The van der Waals surface area contributed by atoms with Crippen LogP contribution in [0.4, 0.5) is 4.79 Å². The second-order valence-electron chi connectivity index (χ2n) is 5.82. The number of ether oxygens (including phenoxy) is 1. The predicted octanol–water partition coefficient (Wildman–Crippen LogP) is 2.81. The van der Waals surface area contributed by atoms with Crippen molar-refractivity contribution in [2.45, 2.75) is 45.3 Å². The number of hydrogen-bond donors (Lipinski definition) is 2. The van der Waals surface area contributed by atoms with Crippen LogP contribution in [0.3, 0.4) is 0 Å². The summed E-state index contributed by atoms with van der Waals surface area (Å²) in [6, 6.07) is 9.40. The van der Waals surface area contributed by atoms with Crippen LogP contribution < -0.4 is 5.32 Å². The van der Waals surface area contributed by atoms with E-state index in [2.05, 4.69) is 5.32 Å². The van der Waals surface area contributed by atoms with Crippen molar-refractivity contribution >= 4 is 6.09 Å². The van der Waals surface area contributed by atoms with Gasteiger partial charge in [0.05, 0.1) is 5.60 Å². The number of nitrogens with one attached hydrogen (secondary N) is 1. The lowest BCUT2D eigenvalue weighted by Gasteiger charge is -2.25. The number of carbonyl (C=O) groups excluding carboxylic acids is 1. The lowest BCUT2D eigenvalue weighted by molar-refractivity contribution is 0.0390. The Morgan fingerprint density at radius 3 is 2.32 bits per heavy atom. The van der Waals surface area contributed by atoms with Crippen molar-refractivity contribution < 1.29 is 14.6 Å². The third-order valence-corrected chi connectivity index (χ3v) is 2.68. The predicted molar refractivity (Wildman–Crippen MR) is 74.9 cm³/mol. The maximum Gasteiger partial charge on any atom is 0.407 e. The van der Waals surface area contributed by atoms with Gasteiger partial charge in [-0.05, 0) is 39.7 Å². The van der Waals surface area contributed by atoms with E-state index in [0.717, 1.165) is 5.56 Å². The summed E-state index contributed by atoms with van der Waals surface area (Å²) in [4.78, 5) is 11.5. The Morgan fingerprint density at radius 2 is 1.79 bits per heavy atom. The average Bonchev–Trinajstić information content (AvgIpc) is 2.27. The molecule has 0 fully saturated rings. The molecule has 0 saturated heterocycles. The zero-order valence-electron chi connectivity index (χ0n) is 12.1. The summed E-state index contributed by atoms with van der Waals surface area (Å²) in [7, 11) is 0. The first kappa shape index (κ1) is 15.5. The van der Waals surface area contributed by atoms with E-state index in [1.165, 1.54) is 0 Å². The Kier molecular flexibility index (Phi) is 4.95. The van der Waals surface area contributed by atoms with Crippen LogP contribution in [-0.2, 0) is 10.3 Å². The highest BCUT2D eigenvalue weighted by Crippen LogP contribution is 2.23. The SMILES string of the molecule is CC(C)(C)OC(=O)NCCC(C)(O)c1ccccc1. The van der Waals surface area contributed by atoms with Crippen LogP contribution in [0.1, 0.15) is 39.7 Å². The number of benzene rings is 1. The minimum atomic E-state index is -0.962. The fourth-order valence-electron chi connectivity index (χ4n) is 1.66. The monoisotopic (exact) mass is 265 g/mol. The quantitative estimate of drug-likeness (QED) is 0.880. The standard InChI is InChI=1S/C15H23NO3/c1-14(2,3)19-13(17)16-11-10-15(4,18)12-8-6-5-7-9-12/h5-9,18H,10-11H2,1-4H3,(H,16,17). The van der Waals surface area contributed by atoms with Gasteiger partial charge in [0.15, 0.2) is 0 Å². The molecule has 0 heterocycles. The van der Waals surface area contributed by atoms with Crippen molar-refractivity contribution in [2.75, 3.05) is 6.54 Å². The summed E-state index contributed by atoms with van der Waals surface area (Å²) >= 11 is 0. The van der Waals surface area contributed by atoms with Crippen molar-refractivity contribution in [1.82, 2.24) is 5.32 Å². The summed E-state index contributed by atoms with van der Waals surface area (Å²) in [5, 5.41) is 13.0. The van der Waals surface area contributed by atoms with Crippen molar-refractivity contribution in [3.63, 3.8) is 0 Å². The van der Waals surface area contributed by atoms with E-state index in [1.54, 1.807) is 6.92 Å². The first-order valence-electron chi connectivity index (χ1n) is 6.45. The minimum Gasteiger partial charge on any atom is -0.444 e. The highest BCUT2D eigenvalue weighted by Gasteiger charge is 2.23. The molecule has 1 unspecified atom stereocenters. The lowest BCUT2D eigenvalue weighted by atomic mass is 9.93. The van der Waals surface area contributed by atoms with Gasteiger partial charge in [0, 0.05) is 6.54 Å². The van der Waals surface area contributed by atoms with Crippen LogP contribution in [0.5, 0.6) is 0 Å². The fraction of sp³-hybridized carbons (Fsp3) is 0.533. The van der Waals surface area contributed by atoms with Gasteiger partial charge in [-0.15, -0.1) is 0 Å². The molecule has 4 heteroatoms. The van der Waals surface area contributed by atoms with Crippen LogP contribution in [0.25, 0.3) is 0 Å². The van der Waals surface area contributed by atoms with Crippen LogP contribution in [0, 0.1) is 0 Å². The molecule has 4 nitrogen and oxygen atoms in total. The Balaban J connectivity index is 2.43. The van der Waals surface area contributed by atoms with Crippen LogP contribution >= 0.6 is 0 Å². The molecule has 2 N–H and O–H groups in total. The molecule has 106 valence electrons. The summed E-state index contributed by atoms with van der Waals surface area (Å²) in [6.07, 6.45) is -0.0349. The van der Waals surface area contributed by atoms with Crippen molar-refractivity contribution in [2.24, 2.45) is 0 Å². The second kappa shape index (κ2) is 6.06. The van der Waals surface area contributed by atoms with Gasteiger partial charge in [-0.25, -0.2) is 4.79 Å². The van der Waals surface area contributed by atoms with Crippen molar-refractivity contribution in [1.29, 1.82) is 0 Å². The Bertz CT molecular complexity index is 407. The smallest absolute Gasteiger partial charge is 0.407 e. The van der Waals surface area contributed by atoms with E-state index in [1.807, 2.05) is 51.1 Å². The van der Waals surface area contributed by atoms with Gasteiger partial charge >= 0.3 is 6.09 Å². The van der Waals surface area contributed by atoms with Crippen LogP contribution in [0.2, 0.25) is 0 Å². The third-order valence-electron chi connectivity index (χ3n) is 2.68. The Morgan fingerprint density at radius 1 is 1.21 bits per heavy atom. The lowest BCUT2D eigenvalue weighted by Crippen LogP contribution is -2.35. The van der Waals surface area contributed by atoms with Crippen LogP contribution in [-0.4, -0.2) is 23.3 Å².